The van der Waals surface area contributed by atoms with E-state index >= 15 is 4.39 Å². The summed E-state index contributed by atoms with van der Waals surface area (Å²) in [5.74, 6) is 0.399. The Kier molecular flexibility index (Phi) is 5.05. The van der Waals surface area contributed by atoms with E-state index in [1.807, 2.05) is 35.1 Å². The molecule has 33 heavy (non-hydrogen) atoms. The first kappa shape index (κ1) is 20.3. The van der Waals surface area contributed by atoms with Crippen LogP contribution in [0, 0.1) is 11.7 Å². The monoisotopic (exact) mass is 462 g/mol. The van der Waals surface area contributed by atoms with Crippen molar-refractivity contribution in [2.24, 2.45) is 5.92 Å². The lowest BCUT2D eigenvalue weighted by Gasteiger charge is -2.17. The minimum atomic E-state index is -0.400. The van der Waals surface area contributed by atoms with Crippen LogP contribution in [0.3, 0.4) is 0 Å². The molecule has 2 aliphatic carbocycles. The molecule has 0 atom stereocenters. The van der Waals surface area contributed by atoms with Crippen molar-refractivity contribution in [1.29, 1.82) is 0 Å². The van der Waals surface area contributed by atoms with Crippen molar-refractivity contribution in [2.75, 3.05) is 5.32 Å². The number of hydrogen-bond donors (Lipinski definition) is 2. The Labute approximate surface area is 194 Å². The predicted molar refractivity (Wildman–Crippen MR) is 126 cm³/mol. The van der Waals surface area contributed by atoms with Gasteiger partial charge in [0.15, 0.2) is 0 Å². The highest BCUT2D eigenvalue weighted by Crippen LogP contribution is 2.40. The van der Waals surface area contributed by atoms with Crippen molar-refractivity contribution < 1.29 is 9.18 Å². The van der Waals surface area contributed by atoms with Gasteiger partial charge >= 0.3 is 6.03 Å². The van der Waals surface area contributed by atoms with Gasteiger partial charge in [-0.05, 0) is 85.0 Å². The van der Waals surface area contributed by atoms with Crippen molar-refractivity contribution in [3.05, 3.63) is 65.9 Å². The van der Waals surface area contributed by atoms with E-state index in [0.717, 1.165) is 65.3 Å². The molecule has 0 radical (unpaired) electrons. The Morgan fingerprint density at radius 2 is 2.09 bits per heavy atom. The first-order valence-electron chi connectivity index (χ1n) is 11.2. The zero-order valence-electron chi connectivity index (χ0n) is 17.9. The van der Waals surface area contributed by atoms with E-state index in [-0.39, 0.29) is 5.82 Å². The lowest BCUT2D eigenvalue weighted by molar-refractivity contribution is 0.257. The van der Waals surface area contributed by atoms with Gasteiger partial charge in [0.25, 0.3) is 0 Å². The number of aromatic nitrogens is 4. The minimum absolute atomic E-state index is 0.332. The molecule has 0 spiro atoms. The number of pyridine rings is 1. The van der Waals surface area contributed by atoms with Crippen LogP contribution in [0.4, 0.5) is 14.9 Å². The van der Waals surface area contributed by atoms with Crippen molar-refractivity contribution >= 4 is 29.2 Å². The summed E-state index contributed by atoms with van der Waals surface area (Å²) in [6.07, 6.45) is 10.5. The zero-order valence-corrected chi connectivity index (χ0v) is 18.7. The van der Waals surface area contributed by atoms with E-state index in [2.05, 4.69) is 20.2 Å². The molecule has 6 rings (SSSR count). The Morgan fingerprint density at radius 3 is 2.97 bits per heavy atom. The summed E-state index contributed by atoms with van der Waals surface area (Å²) < 4.78 is 21.8. The van der Waals surface area contributed by atoms with Crippen LogP contribution < -0.4 is 10.0 Å². The zero-order chi connectivity index (χ0) is 22.4. The molecule has 3 aromatic heterocycles. The third-order valence-electron chi connectivity index (χ3n) is 6.29. The number of urea groups is 1. The Hall–Kier alpha value is -3.33. The molecule has 1 aromatic carbocycles. The van der Waals surface area contributed by atoms with E-state index in [1.165, 1.54) is 12.8 Å². The molecule has 4 aromatic rings. The van der Waals surface area contributed by atoms with E-state index in [0.29, 0.717) is 16.8 Å². The highest BCUT2D eigenvalue weighted by molar-refractivity contribution is 7.97. The number of hydrogen-bond acceptors (Lipinski definition) is 4. The molecule has 2 amide bonds. The quantitative estimate of drug-likeness (QED) is 0.393. The van der Waals surface area contributed by atoms with E-state index in [9.17, 15) is 4.79 Å². The van der Waals surface area contributed by atoms with Crippen LogP contribution in [0.1, 0.15) is 30.4 Å². The van der Waals surface area contributed by atoms with E-state index in [4.69, 9.17) is 0 Å². The summed E-state index contributed by atoms with van der Waals surface area (Å²) in [5.41, 5.74) is 4.49. The van der Waals surface area contributed by atoms with Crippen molar-refractivity contribution in [1.82, 2.24) is 24.1 Å². The number of amides is 2. The van der Waals surface area contributed by atoms with Crippen LogP contribution in [0.5, 0.6) is 0 Å². The number of anilines is 1. The van der Waals surface area contributed by atoms with Gasteiger partial charge in [-0.1, -0.05) is 0 Å². The highest BCUT2D eigenvalue weighted by atomic mass is 32.2. The molecule has 0 unspecified atom stereocenters. The Bertz CT molecular complexity index is 1360. The van der Waals surface area contributed by atoms with Gasteiger partial charge in [0, 0.05) is 42.6 Å². The fourth-order valence-electron chi connectivity index (χ4n) is 4.51. The molecule has 0 saturated heterocycles. The number of nitrogens with one attached hydrogen (secondary N) is 2. The maximum atomic E-state index is 15.3. The minimum Gasteiger partial charge on any atom is -0.306 e. The molecule has 1 saturated carbocycles. The van der Waals surface area contributed by atoms with Crippen LogP contribution >= 0.6 is 11.9 Å². The van der Waals surface area contributed by atoms with Crippen LogP contribution in [0.15, 0.2) is 53.9 Å². The highest BCUT2D eigenvalue weighted by Gasteiger charge is 2.25. The van der Waals surface area contributed by atoms with Crippen LogP contribution in [-0.2, 0) is 19.4 Å². The summed E-state index contributed by atoms with van der Waals surface area (Å²) in [4.78, 5) is 12.8. The first-order valence-corrected chi connectivity index (χ1v) is 12.0. The van der Waals surface area contributed by atoms with Crippen molar-refractivity contribution in [2.45, 2.75) is 43.7 Å². The lowest BCUT2D eigenvalue weighted by atomic mass is 9.97. The molecule has 0 aliphatic heterocycles. The van der Waals surface area contributed by atoms with Crippen molar-refractivity contribution in [3.8, 4) is 11.1 Å². The van der Waals surface area contributed by atoms with Crippen LogP contribution in [-0.4, -0.2) is 25.4 Å². The number of carbonyl (C=O) groups excluding carboxylic acids is 1. The third kappa shape index (κ3) is 4.08. The van der Waals surface area contributed by atoms with Gasteiger partial charge < -0.3 is 5.32 Å². The summed E-state index contributed by atoms with van der Waals surface area (Å²) in [6, 6.07) is 8.68. The Morgan fingerprint density at radius 1 is 1.18 bits per heavy atom. The average molecular weight is 463 g/mol. The first-order chi connectivity index (χ1) is 16.1. The van der Waals surface area contributed by atoms with E-state index in [1.54, 1.807) is 23.0 Å². The van der Waals surface area contributed by atoms with Crippen LogP contribution in [0.25, 0.3) is 16.6 Å². The number of benzene rings is 1. The summed E-state index contributed by atoms with van der Waals surface area (Å²) in [6.45, 7) is 0.924. The summed E-state index contributed by atoms with van der Waals surface area (Å²) in [7, 11) is 0. The van der Waals surface area contributed by atoms with Gasteiger partial charge in [-0.2, -0.15) is 10.2 Å². The number of rotatable bonds is 6. The van der Waals surface area contributed by atoms with Gasteiger partial charge in [-0.15, -0.1) is 0 Å². The molecular formula is C24H23FN6OS. The van der Waals surface area contributed by atoms with E-state index < -0.39 is 6.03 Å². The average Bonchev–Trinajstić information content (AvgIpc) is 3.19. The second-order valence-corrected chi connectivity index (χ2v) is 9.52. The molecule has 1 fully saturated rings. The second-order valence-electron chi connectivity index (χ2n) is 8.69. The molecule has 2 N–H and O–H groups in total. The SMILES string of the molecule is O=C(NSc1ccn(CC2CC2)n1)Nc1c2c(cc(F)c1-c1ccn3nccc3c1)CCC2. The molecular weight excluding hydrogens is 439 g/mol. The smallest absolute Gasteiger partial charge is 0.306 e. The number of carbonyl (C=O) groups is 1. The Balaban J connectivity index is 1.26. The second kappa shape index (κ2) is 8.22. The number of halogens is 1. The lowest BCUT2D eigenvalue weighted by Crippen LogP contribution is -2.24. The van der Waals surface area contributed by atoms with Gasteiger partial charge in [0.05, 0.1) is 11.2 Å². The summed E-state index contributed by atoms with van der Waals surface area (Å²) in [5, 5.41) is 12.4. The molecule has 3 heterocycles. The summed E-state index contributed by atoms with van der Waals surface area (Å²) >= 11 is 1.16. The normalized spacial score (nSPS) is 15.1. The number of nitrogens with zero attached hydrogens (tertiary/aromatic N) is 4. The predicted octanol–water partition coefficient (Wildman–Crippen LogP) is 5.06. The van der Waals surface area contributed by atoms with Crippen molar-refractivity contribution in [3.63, 3.8) is 0 Å². The largest absolute Gasteiger partial charge is 0.329 e. The van der Waals surface area contributed by atoms with Gasteiger partial charge in [-0.25, -0.2) is 13.7 Å². The topological polar surface area (TPSA) is 76.2 Å². The molecule has 0 bridgehead atoms. The molecule has 168 valence electrons. The van der Waals surface area contributed by atoms with Gasteiger partial charge in [0.2, 0.25) is 0 Å². The molecule has 7 nitrogen and oxygen atoms in total. The van der Waals surface area contributed by atoms with Crippen LogP contribution in [0.2, 0.25) is 0 Å². The van der Waals surface area contributed by atoms with Gasteiger partial charge in [0.1, 0.15) is 10.8 Å². The maximum absolute atomic E-state index is 15.3. The fraction of sp³-hybridized carbons (Fsp3) is 0.292. The standard InChI is InChI=1S/C24H23FN6OS/c25-20-13-16-2-1-3-19(16)23(22(20)17-7-11-31-18(12-17)6-9-26-31)27-24(32)29-33-21-8-10-30(28-21)14-15-4-5-15/h6-13,15H,1-5,14H2,(H2,27,29,32). The maximum Gasteiger partial charge on any atom is 0.329 e. The third-order valence-corrected chi connectivity index (χ3v) is 7.00. The molecule has 9 heteroatoms. The fourth-order valence-corrected chi connectivity index (χ4v) is 5.03. The number of aryl methyl sites for hydroxylation is 1. The molecule has 2 aliphatic rings. The van der Waals surface area contributed by atoms with Gasteiger partial charge in [-0.3, -0.25) is 9.40 Å². The number of fused-ring (bicyclic) bond motifs is 2.